The van der Waals surface area contributed by atoms with Crippen LogP contribution < -0.4 is 5.43 Å². The first-order valence-corrected chi connectivity index (χ1v) is 12.3. The minimum absolute atomic E-state index is 0.0459. The number of carbonyl (C=O) groups excluding carboxylic acids is 2. The van der Waals surface area contributed by atoms with Gasteiger partial charge in [-0.25, -0.2) is 13.8 Å². The molecule has 1 saturated carbocycles. The summed E-state index contributed by atoms with van der Waals surface area (Å²) < 4.78 is 26.0. The zero-order chi connectivity index (χ0) is 22.6. The van der Waals surface area contributed by atoms with Crippen LogP contribution in [0.3, 0.4) is 0 Å². The second-order valence-corrected chi connectivity index (χ2v) is 10.5. The van der Waals surface area contributed by atoms with Crippen LogP contribution in [0, 0.1) is 0 Å². The summed E-state index contributed by atoms with van der Waals surface area (Å²) in [5.74, 6) is -0.655. The van der Waals surface area contributed by atoms with E-state index in [2.05, 4.69) is 15.8 Å². The minimum atomic E-state index is -3.58. The average molecular weight is 455 g/mol. The first-order chi connectivity index (χ1) is 15.4. The topological polar surface area (TPSA) is 108 Å². The summed E-state index contributed by atoms with van der Waals surface area (Å²) in [5, 5.41) is 7.31. The Bertz CT molecular complexity index is 1090. The summed E-state index contributed by atoms with van der Waals surface area (Å²) in [4.78, 5) is 27.6. The van der Waals surface area contributed by atoms with Crippen molar-refractivity contribution in [3.8, 4) is 0 Å². The van der Waals surface area contributed by atoms with Crippen molar-refractivity contribution < 1.29 is 18.0 Å². The Morgan fingerprint density at radius 1 is 0.906 bits per heavy atom. The van der Waals surface area contributed by atoms with Gasteiger partial charge in [-0.15, -0.1) is 0 Å². The Morgan fingerprint density at radius 2 is 1.50 bits per heavy atom. The molecule has 2 aromatic carbocycles. The quantitative estimate of drug-likeness (QED) is 0.534. The Balaban J connectivity index is 1.52. The first-order valence-electron chi connectivity index (χ1n) is 10.8. The lowest BCUT2D eigenvalue weighted by Gasteiger charge is -2.44. The lowest BCUT2D eigenvalue weighted by molar-refractivity contribution is -0.141. The molecule has 0 bridgehead atoms. The van der Waals surface area contributed by atoms with Crippen molar-refractivity contribution in [1.82, 2.24) is 10.3 Å². The number of piperidine rings is 1. The van der Waals surface area contributed by atoms with Gasteiger partial charge in [-0.2, -0.15) is 5.11 Å². The molecule has 0 atom stereocenters. The highest BCUT2D eigenvalue weighted by Crippen LogP contribution is 2.44. The normalized spacial score (nSPS) is 23.5. The highest BCUT2D eigenvalue weighted by Gasteiger charge is 2.57. The van der Waals surface area contributed by atoms with E-state index in [4.69, 9.17) is 0 Å². The van der Waals surface area contributed by atoms with E-state index in [1.807, 2.05) is 0 Å². The molecule has 32 heavy (non-hydrogen) atoms. The summed E-state index contributed by atoms with van der Waals surface area (Å²) in [6.07, 6.45) is 2.98. The number of nitrogens with zero attached hydrogens (tertiary/aromatic N) is 3. The number of sulfone groups is 1. The Hall–Kier alpha value is -3.07. The van der Waals surface area contributed by atoms with E-state index < -0.39 is 26.5 Å². The fraction of sp³-hybridized carbons (Fsp3) is 0.391. The number of carbonyl (C=O) groups is 2. The summed E-state index contributed by atoms with van der Waals surface area (Å²) in [6, 6.07) is 16.8. The predicted octanol–water partition coefficient (Wildman–Crippen LogP) is 3.17. The zero-order valence-corrected chi connectivity index (χ0v) is 18.5. The smallest absolute Gasteiger partial charge is 0.272 e. The SMILES string of the molecule is O=C(NN=NC1(C(=O)N2CCCCC2)CC(S(=O)(=O)c2ccccc2)C1)c1ccccc1. The van der Waals surface area contributed by atoms with Crippen LogP contribution in [0.5, 0.6) is 0 Å². The number of hydrogen-bond donors (Lipinski definition) is 1. The molecule has 9 heteroatoms. The predicted molar refractivity (Wildman–Crippen MR) is 119 cm³/mol. The van der Waals surface area contributed by atoms with Crippen LogP contribution in [-0.4, -0.2) is 49.0 Å². The average Bonchev–Trinajstić information content (AvgIpc) is 2.81. The molecule has 2 amide bonds. The molecule has 1 saturated heterocycles. The van der Waals surface area contributed by atoms with Crippen LogP contribution in [0.25, 0.3) is 0 Å². The number of benzene rings is 2. The van der Waals surface area contributed by atoms with E-state index in [1.165, 1.54) is 0 Å². The van der Waals surface area contributed by atoms with Crippen LogP contribution in [-0.2, 0) is 14.6 Å². The van der Waals surface area contributed by atoms with Gasteiger partial charge in [-0.05, 0) is 43.5 Å². The second kappa shape index (κ2) is 9.20. The Kier molecular flexibility index (Phi) is 6.36. The largest absolute Gasteiger partial charge is 0.341 e. The molecule has 0 unspecified atom stereocenters. The lowest BCUT2D eigenvalue weighted by atomic mass is 9.75. The third kappa shape index (κ3) is 4.43. The maximum absolute atomic E-state index is 13.3. The molecule has 2 fully saturated rings. The molecule has 0 aromatic heterocycles. The molecule has 0 radical (unpaired) electrons. The monoisotopic (exact) mass is 454 g/mol. The van der Waals surface area contributed by atoms with Gasteiger partial charge in [0.15, 0.2) is 15.4 Å². The fourth-order valence-electron chi connectivity index (χ4n) is 4.23. The summed E-state index contributed by atoms with van der Waals surface area (Å²) in [6.45, 7) is 1.26. The van der Waals surface area contributed by atoms with Crippen molar-refractivity contribution in [2.24, 2.45) is 10.3 Å². The highest BCUT2D eigenvalue weighted by atomic mass is 32.2. The van der Waals surface area contributed by atoms with Gasteiger partial charge >= 0.3 is 0 Å². The van der Waals surface area contributed by atoms with Crippen LogP contribution in [0.4, 0.5) is 0 Å². The Morgan fingerprint density at radius 3 is 2.12 bits per heavy atom. The molecule has 8 nitrogen and oxygen atoms in total. The molecular formula is C23H26N4O4S. The van der Waals surface area contributed by atoms with Crippen molar-refractivity contribution in [2.45, 2.75) is 47.8 Å². The lowest BCUT2D eigenvalue weighted by Crippen LogP contribution is -2.60. The van der Waals surface area contributed by atoms with Crippen molar-refractivity contribution in [2.75, 3.05) is 13.1 Å². The molecule has 4 rings (SSSR count). The standard InChI is InChI=1S/C23H26N4O4S/c28-21(18-10-4-1-5-11-18)24-26-25-23(22(29)27-14-8-3-9-15-27)16-20(17-23)32(30,31)19-12-6-2-7-13-19/h1-2,4-7,10-13,20H,3,8-9,14-17H2,(H,24,25,28). The van der Waals surface area contributed by atoms with Gasteiger partial charge in [0.25, 0.3) is 11.8 Å². The van der Waals surface area contributed by atoms with Gasteiger partial charge < -0.3 is 4.90 Å². The molecule has 1 N–H and O–H groups in total. The van der Waals surface area contributed by atoms with E-state index in [9.17, 15) is 18.0 Å². The van der Waals surface area contributed by atoms with Gasteiger partial charge in [0, 0.05) is 31.5 Å². The van der Waals surface area contributed by atoms with Gasteiger partial charge in [0.2, 0.25) is 0 Å². The van der Waals surface area contributed by atoms with Crippen LogP contribution >= 0.6 is 0 Å². The third-order valence-corrected chi connectivity index (χ3v) is 8.25. The minimum Gasteiger partial charge on any atom is -0.341 e. The number of rotatable bonds is 6. The van der Waals surface area contributed by atoms with Crippen LogP contribution in [0.2, 0.25) is 0 Å². The fourth-order valence-corrected chi connectivity index (χ4v) is 6.14. The first kappa shape index (κ1) is 22.1. The van der Waals surface area contributed by atoms with Gasteiger partial charge in [0.1, 0.15) is 0 Å². The highest BCUT2D eigenvalue weighted by molar-refractivity contribution is 7.92. The van der Waals surface area contributed by atoms with Crippen molar-refractivity contribution >= 4 is 21.7 Å². The van der Waals surface area contributed by atoms with Crippen LogP contribution in [0.15, 0.2) is 75.9 Å². The molecular weight excluding hydrogens is 428 g/mol. The number of likely N-dealkylation sites (tertiary alicyclic amines) is 1. The van der Waals surface area contributed by atoms with E-state index in [0.717, 1.165) is 19.3 Å². The van der Waals surface area contributed by atoms with Gasteiger partial charge in [0.05, 0.1) is 10.1 Å². The van der Waals surface area contributed by atoms with E-state index >= 15 is 0 Å². The molecule has 168 valence electrons. The van der Waals surface area contributed by atoms with Gasteiger partial charge in [-0.1, -0.05) is 41.6 Å². The zero-order valence-electron chi connectivity index (χ0n) is 17.7. The van der Waals surface area contributed by atoms with Crippen molar-refractivity contribution in [1.29, 1.82) is 0 Å². The summed E-state index contributed by atoms with van der Waals surface area (Å²) in [5.41, 5.74) is 1.51. The number of hydrogen-bond acceptors (Lipinski definition) is 6. The number of amides is 2. The van der Waals surface area contributed by atoms with E-state index in [-0.39, 0.29) is 23.6 Å². The van der Waals surface area contributed by atoms with Crippen LogP contribution in [0.1, 0.15) is 42.5 Å². The molecule has 2 aromatic rings. The summed E-state index contributed by atoms with van der Waals surface area (Å²) in [7, 11) is -3.58. The van der Waals surface area contributed by atoms with Gasteiger partial charge in [-0.3, -0.25) is 9.59 Å². The Labute approximate surface area is 187 Å². The van der Waals surface area contributed by atoms with Crippen molar-refractivity contribution in [3.05, 3.63) is 66.2 Å². The molecule has 1 heterocycles. The van der Waals surface area contributed by atoms with E-state index in [0.29, 0.717) is 18.7 Å². The summed E-state index contributed by atoms with van der Waals surface area (Å²) >= 11 is 0. The maximum Gasteiger partial charge on any atom is 0.272 e. The number of nitrogens with one attached hydrogen (secondary N) is 1. The molecule has 1 aliphatic carbocycles. The van der Waals surface area contributed by atoms with Crippen molar-refractivity contribution in [3.63, 3.8) is 0 Å². The molecule has 1 aliphatic heterocycles. The third-order valence-electron chi connectivity index (χ3n) is 6.11. The molecule has 0 spiro atoms. The molecule has 2 aliphatic rings. The maximum atomic E-state index is 13.3. The van der Waals surface area contributed by atoms with E-state index in [1.54, 1.807) is 65.6 Å². The second-order valence-electron chi connectivity index (χ2n) is 8.28.